The van der Waals surface area contributed by atoms with Crippen molar-refractivity contribution in [2.24, 2.45) is 0 Å². The van der Waals surface area contributed by atoms with Crippen LogP contribution in [-0.4, -0.2) is 21.1 Å². The molecule has 0 fully saturated rings. The third-order valence-electron chi connectivity index (χ3n) is 3.53. The summed E-state index contributed by atoms with van der Waals surface area (Å²) in [5.41, 5.74) is 3.99. The van der Waals surface area contributed by atoms with Gasteiger partial charge in [0.2, 0.25) is 0 Å². The smallest absolute Gasteiger partial charge is 0.101 e. The van der Waals surface area contributed by atoms with Gasteiger partial charge in [0.1, 0.15) is 12.1 Å². The first-order valence-corrected chi connectivity index (χ1v) is 6.97. The standard InChI is InChI=1S/C18H18N4/c1-21(2)17-9-7-14(8-10-17)13-22(3)18-15(11-19)5-4-6-16(18)12-20/h4-10H,13H2,1-3H3. The molecule has 0 aliphatic carbocycles. The molecule has 0 radical (unpaired) electrons. The predicted octanol–water partition coefficient (Wildman–Crippen LogP) is 3.13. The zero-order valence-electron chi connectivity index (χ0n) is 13.0. The van der Waals surface area contributed by atoms with E-state index in [-0.39, 0.29) is 0 Å². The highest BCUT2D eigenvalue weighted by Crippen LogP contribution is 2.25. The molecular weight excluding hydrogens is 272 g/mol. The van der Waals surface area contributed by atoms with Crippen LogP contribution in [0.15, 0.2) is 42.5 Å². The molecule has 0 unspecified atom stereocenters. The molecule has 0 aliphatic rings. The normalized spacial score (nSPS) is 9.68. The highest BCUT2D eigenvalue weighted by atomic mass is 15.1. The molecule has 0 saturated heterocycles. The Morgan fingerprint density at radius 3 is 1.86 bits per heavy atom. The number of nitrogens with zero attached hydrogens (tertiary/aromatic N) is 4. The molecule has 0 bridgehead atoms. The molecule has 22 heavy (non-hydrogen) atoms. The van der Waals surface area contributed by atoms with Crippen LogP contribution in [0.2, 0.25) is 0 Å². The lowest BCUT2D eigenvalue weighted by Gasteiger charge is -2.22. The van der Waals surface area contributed by atoms with Crippen molar-refractivity contribution < 1.29 is 0 Å². The number of nitriles is 2. The quantitative estimate of drug-likeness (QED) is 0.868. The van der Waals surface area contributed by atoms with Crippen molar-refractivity contribution in [3.05, 3.63) is 59.2 Å². The van der Waals surface area contributed by atoms with Gasteiger partial charge in [-0.1, -0.05) is 18.2 Å². The van der Waals surface area contributed by atoms with E-state index in [1.54, 1.807) is 18.2 Å². The van der Waals surface area contributed by atoms with Crippen molar-refractivity contribution in [1.29, 1.82) is 10.5 Å². The van der Waals surface area contributed by atoms with Gasteiger partial charge in [-0.3, -0.25) is 0 Å². The zero-order chi connectivity index (χ0) is 16.1. The third-order valence-corrected chi connectivity index (χ3v) is 3.53. The molecular formula is C18H18N4. The number of rotatable bonds is 4. The van der Waals surface area contributed by atoms with Gasteiger partial charge in [-0.25, -0.2) is 0 Å². The zero-order valence-corrected chi connectivity index (χ0v) is 13.0. The van der Waals surface area contributed by atoms with Crippen LogP contribution in [0.5, 0.6) is 0 Å². The summed E-state index contributed by atoms with van der Waals surface area (Å²) in [5.74, 6) is 0. The molecule has 2 rings (SSSR count). The third kappa shape index (κ3) is 3.19. The maximum Gasteiger partial charge on any atom is 0.101 e. The average molecular weight is 290 g/mol. The lowest BCUT2D eigenvalue weighted by Crippen LogP contribution is -2.19. The summed E-state index contributed by atoms with van der Waals surface area (Å²) < 4.78 is 0. The van der Waals surface area contributed by atoms with Gasteiger partial charge in [0.05, 0.1) is 16.8 Å². The summed E-state index contributed by atoms with van der Waals surface area (Å²) in [6.07, 6.45) is 0. The minimum Gasteiger partial charge on any atom is -0.378 e. The van der Waals surface area contributed by atoms with E-state index < -0.39 is 0 Å². The topological polar surface area (TPSA) is 54.1 Å². The molecule has 0 atom stereocenters. The molecule has 2 aromatic rings. The molecule has 0 N–H and O–H groups in total. The summed E-state index contributed by atoms with van der Waals surface area (Å²) >= 11 is 0. The van der Waals surface area contributed by atoms with E-state index >= 15 is 0 Å². The lowest BCUT2D eigenvalue weighted by molar-refractivity contribution is 0.918. The van der Waals surface area contributed by atoms with Gasteiger partial charge in [-0.05, 0) is 29.8 Å². The van der Waals surface area contributed by atoms with Crippen LogP contribution >= 0.6 is 0 Å². The fraction of sp³-hybridized carbons (Fsp3) is 0.222. The molecule has 0 heterocycles. The summed E-state index contributed by atoms with van der Waals surface area (Å²) in [4.78, 5) is 3.99. The van der Waals surface area contributed by atoms with E-state index in [2.05, 4.69) is 36.4 Å². The van der Waals surface area contributed by atoms with E-state index in [1.807, 2.05) is 30.9 Å². The Hall–Kier alpha value is -2.98. The van der Waals surface area contributed by atoms with Crippen LogP contribution < -0.4 is 9.80 Å². The second-order valence-electron chi connectivity index (χ2n) is 5.34. The van der Waals surface area contributed by atoms with Crippen LogP contribution in [0.4, 0.5) is 11.4 Å². The molecule has 4 heteroatoms. The van der Waals surface area contributed by atoms with Gasteiger partial charge < -0.3 is 9.80 Å². The maximum atomic E-state index is 9.26. The van der Waals surface area contributed by atoms with Gasteiger partial charge >= 0.3 is 0 Å². The molecule has 4 nitrogen and oxygen atoms in total. The van der Waals surface area contributed by atoms with Crippen molar-refractivity contribution in [3.63, 3.8) is 0 Å². The van der Waals surface area contributed by atoms with Crippen molar-refractivity contribution in [2.75, 3.05) is 30.9 Å². The van der Waals surface area contributed by atoms with E-state index in [4.69, 9.17) is 0 Å². The molecule has 2 aromatic carbocycles. The Bertz CT molecular complexity index is 701. The monoisotopic (exact) mass is 290 g/mol. The lowest BCUT2D eigenvalue weighted by atomic mass is 10.1. The summed E-state index contributed by atoms with van der Waals surface area (Å²) in [6.45, 7) is 0.640. The van der Waals surface area contributed by atoms with E-state index in [9.17, 15) is 10.5 Å². The highest BCUT2D eigenvalue weighted by Gasteiger charge is 2.13. The van der Waals surface area contributed by atoms with Crippen LogP contribution in [0.3, 0.4) is 0 Å². The molecule has 0 aliphatic heterocycles. The highest BCUT2D eigenvalue weighted by molar-refractivity contribution is 5.68. The summed E-state index contributed by atoms with van der Waals surface area (Å²) in [7, 11) is 5.91. The fourth-order valence-corrected chi connectivity index (χ4v) is 2.39. The van der Waals surface area contributed by atoms with Gasteiger partial charge in [-0.2, -0.15) is 10.5 Å². The Kier molecular flexibility index (Phi) is 4.66. The van der Waals surface area contributed by atoms with Crippen molar-refractivity contribution in [2.45, 2.75) is 6.54 Å². The van der Waals surface area contributed by atoms with Crippen molar-refractivity contribution in [1.82, 2.24) is 0 Å². The molecule has 0 saturated carbocycles. The van der Waals surface area contributed by atoms with E-state index in [1.165, 1.54) is 0 Å². The Balaban J connectivity index is 2.28. The van der Waals surface area contributed by atoms with Gasteiger partial charge in [0.15, 0.2) is 0 Å². The van der Waals surface area contributed by atoms with Gasteiger partial charge in [0, 0.05) is 33.4 Å². The van der Waals surface area contributed by atoms with Gasteiger partial charge in [-0.15, -0.1) is 0 Å². The van der Waals surface area contributed by atoms with Crippen LogP contribution in [0.1, 0.15) is 16.7 Å². The number of hydrogen-bond donors (Lipinski definition) is 0. The second-order valence-corrected chi connectivity index (χ2v) is 5.34. The Morgan fingerprint density at radius 2 is 1.41 bits per heavy atom. The first-order valence-electron chi connectivity index (χ1n) is 6.97. The average Bonchev–Trinajstić information content (AvgIpc) is 2.54. The van der Waals surface area contributed by atoms with E-state index in [0.717, 1.165) is 11.3 Å². The van der Waals surface area contributed by atoms with Crippen molar-refractivity contribution >= 4 is 11.4 Å². The maximum absolute atomic E-state index is 9.26. The van der Waals surface area contributed by atoms with Crippen molar-refractivity contribution in [3.8, 4) is 12.1 Å². The number of para-hydroxylation sites is 1. The molecule has 110 valence electrons. The molecule has 0 spiro atoms. The minimum absolute atomic E-state index is 0.520. The fourth-order valence-electron chi connectivity index (χ4n) is 2.39. The second kappa shape index (κ2) is 6.65. The summed E-state index contributed by atoms with van der Waals surface area (Å²) in [6, 6.07) is 17.8. The number of benzene rings is 2. The molecule has 0 aromatic heterocycles. The number of anilines is 2. The SMILES string of the molecule is CN(C)c1ccc(CN(C)c2c(C#N)cccc2C#N)cc1. The van der Waals surface area contributed by atoms with Crippen LogP contribution in [0.25, 0.3) is 0 Å². The van der Waals surface area contributed by atoms with E-state index in [0.29, 0.717) is 23.4 Å². The molecule has 0 amide bonds. The van der Waals surface area contributed by atoms with Crippen LogP contribution in [-0.2, 0) is 6.54 Å². The Morgan fingerprint density at radius 1 is 0.864 bits per heavy atom. The number of hydrogen-bond acceptors (Lipinski definition) is 4. The van der Waals surface area contributed by atoms with Gasteiger partial charge in [0.25, 0.3) is 0 Å². The largest absolute Gasteiger partial charge is 0.378 e. The Labute approximate surface area is 131 Å². The van der Waals surface area contributed by atoms with Crippen LogP contribution in [0, 0.1) is 22.7 Å². The first kappa shape index (κ1) is 15.4. The predicted molar refractivity (Wildman–Crippen MR) is 88.7 cm³/mol. The summed E-state index contributed by atoms with van der Waals surface area (Å²) in [5, 5.41) is 18.5. The minimum atomic E-state index is 0.520. The first-order chi connectivity index (χ1) is 10.6.